The maximum atomic E-state index is 10.4. The Labute approximate surface area is 125 Å². The van der Waals surface area contributed by atoms with Gasteiger partial charge in [-0.3, -0.25) is 4.98 Å². The first-order valence-electron chi connectivity index (χ1n) is 7.04. The van der Waals surface area contributed by atoms with E-state index in [0.29, 0.717) is 13.1 Å². The van der Waals surface area contributed by atoms with Gasteiger partial charge in [-0.25, -0.2) is 0 Å². The Morgan fingerprint density at radius 1 is 1.29 bits per heavy atom. The normalized spacial score (nSPS) is 12.2. The Bertz CT molecular complexity index is 562. The lowest BCUT2D eigenvalue weighted by Crippen LogP contribution is -2.22. The van der Waals surface area contributed by atoms with Crippen LogP contribution in [0.1, 0.15) is 28.4 Å². The second-order valence-corrected chi connectivity index (χ2v) is 5.18. The number of hydrogen-bond acceptors (Lipinski definition) is 4. The number of aliphatic hydroxyl groups is 1. The summed E-state index contributed by atoms with van der Waals surface area (Å²) in [5.41, 5.74) is 4.16. The molecule has 0 bridgehead atoms. The molecule has 0 radical (unpaired) electrons. The van der Waals surface area contributed by atoms with Crippen molar-refractivity contribution in [3.8, 4) is 5.75 Å². The number of pyridine rings is 1. The summed E-state index contributed by atoms with van der Waals surface area (Å²) >= 11 is 0. The van der Waals surface area contributed by atoms with Crippen LogP contribution in [-0.4, -0.2) is 23.7 Å². The van der Waals surface area contributed by atoms with Gasteiger partial charge in [0.1, 0.15) is 5.75 Å². The van der Waals surface area contributed by atoms with Gasteiger partial charge >= 0.3 is 0 Å². The Hall–Kier alpha value is -1.91. The molecule has 0 saturated heterocycles. The predicted octanol–water partition coefficient (Wildman–Crippen LogP) is 2.53. The molecule has 1 heterocycles. The number of nitrogens with one attached hydrogen (secondary N) is 1. The minimum absolute atomic E-state index is 0.503. The summed E-state index contributed by atoms with van der Waals surface area (Å²) in [4.78, 5) is 4.07. The lowest BCUT2D eigenvalue weighted by Gasteiger charge is -2.18. The molecule has 0 aliphatic carbocycles. The summed E-state index contributed by atoms with van der Waals surface area (Å²) in [6.07, 6.45) is 3.04. The maximum absolute atomic E-state index is 10.4. The SMILES string of the molecule is COc1cc(C)c(C(O)CNCc2cccnc2)c(C)c1. The standard InChI is InChI=1S/C17H22N2O2/c1-12-7-15(21-3)8-13(2)17(12)16(20)11-19-10-14-5-4-6-18-9-14/h4-9,16,19-20H,10-11H2,1-3H3. The molecule has 2 rings (SSSR count). The van der Waals surface area contributed by atoms with E-state index in [-0.39, 0.29) is 0 Å². The molecule has 0 spiro atoms. The average Bonchev–Trinajstić information content (AvgIpc) is 2.47. The predicted molar refractivity (Wildman–Crippen MR) is 83.4 cm³/mol. The van der Waals surface area contributed by atoms with Gasteiger partial charge in [-0.1, -0.05) is 6.07 Å². The lowest BCUT2D eigenvalue weighted by molar-refractivity contribution is 0.173. The molecule has 0 saturated carbocycles. The van der Waals surface area contributed by atoms with Gasteiger partial charge in [0.15, 0.2) is 0 Å². The molecular formula is C17H22N2O2. The van der Waals surface area contributed by atoms with Crippen LogP contribution in [0.15, 0.2) is 36.7 Å². The smallest absolute Gasteiger partial charge is 0.119 e. The first-order valence-corrected chi connectivity index (χ1v) is 7.04. The Balaban J connectivity index is 1.99. The molecule has 2 aromatic rings. The fourth-order valence-electron chi connectivity index (χ4n) is 2.54. The molecule has 0 aliphatic heterocycles. The van der Waals surface area contributed by atoms with Gasteiger partial charge in [0.2, 0.25) is 0 Å². The van der Waals surface area contributed by atoms with Gasteiger partial charge in [0, 0.05) is 25.5 Å². The maximum Gasteiger partial charge on any atom is 0.119 e. The lowest BCUT2D eigenvalue weighted by atomic mass is 9.97. The van der Waals surface area contributed by atoms with Crippen molar-refractivity contribution in [3.05, 3.63) is 58.9 Å². The number of ether oxygens (including phenoxy) is 1. The Morgan fingerprint density at radius 3 is 2.57 bits per heavy atom. The zero-order chi connectivity index (χ0) is 15.2. The summed E-state index contributed by atoms with van der Waals surface area (Å²) < 4.78 is 5.25. The quantitative estimate of drug-likeness (QED) is 0.857. The fourth-order valence-corrected chi connectivity index (χ4v) is 2.54. The highest BCUT2D eigenvalue weighted by molar-refractivity contribution is 5.42. The molecule has 4 heteroatoms. The van der Waals surface area contributed by atoms with Crippen molar-refractivity contribution in [3.63, 3.8) is 0 Å². The molecule has 0 aliphatic rings. The zero-order valence-corrected chi connectivity index (χ0v) is 12.8. The summed E-state index contributed by atoms with van der Waals surface area (Å²) in [6.45, 7) is 5.19. The van der Waals surface area contributed by atoms with Crippen molar-refractivity contribution in [1.29, 1.82) is 0 Å². The highest BCUT2D eigenvalue weighted by Crippen LogP contribution is 2.26. The number of rotatable bonds is 6. The number of methoxy groups -OCH3 is 1. The molecule has 0 fully saturated rings. The van der Waals surface area contributed by atoms with E-state index in [1.165, 1.54) is 0 Å². The van der Waals surface area contributed by atoms with E-state index in [2.05, 4.69) is 10.3 Å². The largest absolute Gasteiger partial charge is 0.497 e. The van der Waals surface area contributed by atoms with Gasteiger partial charge in [-0.05, 0) is 54.3 Å². The summed E-state index contributed by atoms with van der Waals surface area (Å²) in [5.74, 6) is 0.823. The van der Waals surface area contributed by atoms with Crippen LogP contribution in [0.5, 0.6) is 5.75 Å². The van der Waals surface area contributed by atoms with Crippen molar-refractivity contribution in [2.75, 3.05) is 13.7 Å². The van der Waals surface area contributed by atoms with Gasteiger partial charge in [-0.15, -0.1) is 0 Å². The number of aliphatic hydroxyl groups excluding tert-OH is 1. The molecular weight excluding hydrogens is 264 g/mol. The molecule has 1 aromatic carbocycles. The highest BCUT2D eigenvalue weighted by Gasteiger charge is 2.14. The van der Waals surface area contributed by atoms with Crippen molar-refractivity contribution in [1.82, 2.24) is 10.3 Å². The van der Waals surface area contributed by atoms with E-state index in [1.807, 2.05) is 44.3 Å². The van der Waals surface area contributed by atoms with Gasteiger partial charge in [0.25, 0.3) is 0 Å². The number of aryl methyl sites for hydroxylation is 2. The van der Waals surface area contributed by atoms with E-state index < -0.39 is 6.10 Å². The van der Waals surface area contributed by atoms with Crippen LogP contribution in [0.4, 0.5) is 0 Å². The van der Waals surface area contributed by atoms with Gasteiger partial charge in [0.05, 0.1) is 13.2 Å². The second kappa shape index (κ2) is 7.20. The molecule has 0 amide bonds. The monoisotopic (exact) mass is 286 g/mol. The van der Waals surface area contributed by atoms with Crippen LogP contribution >= 0.6 is 0 Å². The second-order valence-electron chi connectivity index (χ2n) is 5.18. The minimum Gasteiger partial charge on any atom is -0.497 e. The van der Waals surface area contributed by atoms with Crippen LogP contribution < -0.4 is 10.1 Å². The molecule has 1 aromatic heterocycles. The van der Waals surface area contributed by atoms with Gasteiger partial charge < -0.3 is 15.2 Å². The van der Waals surface area contributed by atoms with Crippen LogP contribution in [0.2, 0.25) is 0 Å². The van der Waals surface area contributed by atoms with E-state index >= 15 is 0 Å². The first-order chi connectivity index (χ1) is 10.1. The molecule has 2 N–H and O–H groups in total. The van der Waals surface area contributed by atoms with Gasteiger partial charge in [-0.2, -0.15) is 0 Å². The number of aromatic nitrogens is 1. The van der Waals surface area contributed by atoms with Crippen molar-refractivity contribution >= 4 is 0 Å². The van der Waals surface area contributed by atoms with Crippen molar-refractivity contribution in [2.24, 2.45) is 0 Å². The number of nitrogens with zero attached hydrogens (tertiary/aromatic N) is 1. The summed E-state index contributed by atoms with van der Waals surface area (Å²) in [6, 6.07) is 7.82. The van der Waals surface area contributed by atoms with Crippen molar-refractivity contribution < 1.29 is 9.84 Å². The molecule has 1 atom stereocenters. The summed E-state index contributed by atoms with van der Waals surface area (Å²) in [7, 11) is 1.65. The molecule has 4 nitrogen and oxygen atoms in total. The fraction of sp³-hybridized carbons (Fsp3) is 0.353. The molecule has 21 heavy (non-hydrogen) atoms. The van der Waals surface area contributed by atoms with E-state index in [9.17, 15) is 5.11 Å². The third-order valence-electron chi connectivity index (χ3n) is 3.53. The topological polar surface area (TPSA) is 54.4 Å². The van der Waals surface area contributed by atoms with E-state index in [4.69, 9.17) is 4.74 Å². The molecule has 1 unspecified atom stereocenters. The van der Waals surface area contributed by atoms with Crippen LogP contribution in [-0.2, 0) is 6.54 Å². The average molecular weight is 286 g/mol. The third-order valence-corrected chi connectivity index (χ3v) is 3.53. The number of hydrogen-bond donors (Lipinski definition) is 2. The Kier molecular flexibility index (Phi) is 5.31. The minimum atomic E-state index is -0.535. The molecule has 112 valence electrons. The van der Waals surface area contributed by atoms with E-state index in [1.54, 1.807) is 13.3 Å². The number of benzene rings is 1. The summed E-state index contributed by atoms with van der Waals surface area (Å²) in [5, 5.41) is 13.7. The third kappa shape index (κ3) is 4.03. The zero-order valence-electron chi connectivity index (χ0n) is 12.8. The van der Waals surface area contributed by atoms with Crippen LogP contribution in [0.25, 0.3) is 0 Å². The first kappa shape index (κ1) is 15.5. The van der Waals surface area contributed by atoms with Crippen molar-refractivity contribution in [2.45, 2.75) is 26.5 Å². The van der Waals surface area contributed by atoms with E-state index in [0.717, 1.165) is 28.0 Å². The van der Waals surface area contributed by atoms with Crippen LogP contribution in [0, 0.1) is 13.8 Å². The highest BCUT2D eigenvalue weighted by atomic mass is 16.5. The Morgan fingerprint density at radius 2 is 2.00 bits per heavy atom. The van der Waals surface area contributed by atoms with Crippen LogP contribution in [0.3, 0.4) is 0 Å².